The van der Waals surface area contributed by atoms with Crippen molar-refractivity contribution in [3.63, 3.8) is 0 Å². The van der Waals surface area contributed by atoms with Crippen LogP contribution in [-0.2, 0) is 52.8 Å². The summed E-state index contributed by atoms with van der Waals surface area (Å²) in [5.74, 6) is 0.235. The third kappa shape index (κ3) is 15.3. The lowest BCUT2D eigenvalue weighted by atomic mass is 9.79. The maximum absolute atomic E-state index is 19.1. The summed E-state index contributed by atoms with van der Waals surface area (Å²) >= 11 is 0. The van der Waals surface area contributed by atoms with Gasteiger partial charge in [0.05, 0.1) is 66.5 Å². The molecule has 3 aliphatic rings. The van der Waals surface area contributed by atoms with Crippen LogP contribution < -0.4 is 35.1 Å². The number of hydrogen-bond donors (Lipinski definition) is 3. The number of amides is 2. The lowest BCUT2D eigenvalue weighted by Crippen LogP contribution is -2.53. The van der Waals surface area contributed by atoms with E-state index in [1.807, 2.05) is 133 Å². The zero-order chi connectivity index (χ0) is 79.6. The predicted octanol–water partition coefficient (Wildman–Crippen LogP) is 14.9. The average Bonchev–Trinajstić information content (AvgIpc) is 1.50. The van der Waals surface area contributed by atoms with E-state index in [1.165, 1.54) is 23.5 Å². The van der Waals surface area contributed by atoms with Crippen molar-refractivity contribution in [3.8, 4) is 23.0 Å². The number of nitrogens with one attached hydrogen (secondary N) is 3. The highest BCUT2D eigenvalue weighted by molar-refractivity contribution is 7.48. The second-order valence-corrected chi connectivity index (χ2v) is 36.4. The molecule has 3 fully saturated rings. The molecule has 0 radical (unpaired) electrons. The normalized spacial score (nSPS) is 20.8. The number of H-pyrrole nitrogens is 1. The van der Waals surface area contributed by atoms with Crippen molar-refractivity contribution in [1.29, 1.82) is 0 Å². The number of rotatable bonds is 31. The van der Waals surface area contributed by atoms with Crippen molar-refractivity contribution >= 4 is 62.0 Å². The number of benzene rings is 7. The molecule has 4 aromatic heterocycles. The van der Waals surface area contributed by atoms with Gasteiger partial charge in [0.1, 0.15) is 65.4 Å². The van der Waals surface area contributed by atoms with E-state index in [0.717, 1.165) is 0 Å². The molecule has 0 spiro atoms. The first-order chi connectivity index (χ1) is 54.4. The number of anilines is 2. The Morgan fingerprint density at radius 3 is 1.72 bits per heavy atom. The van der Waals surface area contributed by atoms with Gasteiger partial charge in [-0.3, -0.25) is 42.8 Å². The summed E-state index contributed by atoms with van der Waals surface area (Å²) in [4.78, 5) is 71.0. The molecule has 113 heavy (non-hydrogen) atoms. The van der Waals surface area contributed by atoms with Crippen LogP contribution >= 0.6 is 7.82 Å². The first-order valence-corrected chi connectivity index (χ1v) is 41.5. The van der Waals surface area contributed by atoms with Crippen LogP contribution in [0.1, 0.15) is 97.0 Å². The smallest absolute Gasteiger partial charge is 0.475 e. The fourth-order valence-corrected chi connectivity index (χ4v) is 17.8. The Balaban J connectivity index is 0.918. The summed E-state index contributed by atoms with van der Waals surface area (Å²) in [6, 6.07) is 56.6. The van der Waals surface area contributed by atoms with Crippen LogP contribution in [0.5, 0.6) is 23.0 Å². The number of phosphoric acid groups is 1. The van der Waals surface area contributed by atoms with Gasteiger partial charge in [-0.2, -0.15) is 4.98 Å². The number of aromatic amines is 1. The van der Waals surface area contributed by atoms with Gasteiger partial charge < -0.3 is 52.3 Å². The standard InChI is InChI=1S/C84H89FN11O15PSi/c1-52(2)76(97)93-80-92-75-68(78(99)94-80)90-50-95(75)69-64-46-82(64,72(111-113(11,12)81(3,4)5)71(69)109-84(55-26-20-15-21-27-55,58-32-40-62(103-9)41-33-58)59-34-42-63(104-10)43-35-59)48-107-112(100,106-45-44-86-6)110-70-65(108-79(66(70)85)96-51-89-67-73(87-49-88-74(67)96)91-77(98)53-22-16-13-17-23-53)47-105-83(54-24-18-14-19-25-54,56-28-36-60(101-7)37-29-56)57-30-38-61(102-8)39-31-57/h13-43,49-52,64-66,69-72,79H,44-48H2,1-5,7-12H3,(H,87,88,91,98)(H2,92,93,94,97,99)/t64-,65-,66-,69-,70-,71+,72+,79-,82?,112?/m1/s1. The summed E-state index contributed by atoms with van der Waals surface area (Å²) in [5, 5.41) is 5.13. The zero-order valence-corrected chi connectivity index (χ0v) is 66.3. The molecule has 1 aliphatic heterocycles. The lowest BCUT2D eigenvalue weighted by molar-refractivity contribution is -0.121. The highest BCUT2D eigenvalue weighted by Crippen LogP contribution is 2.72. The molecular formula is C84H89FN11O15PSi. The van der Waals surface area contributed by atoms with Crippen LogP contribution in [-0.4, -0.2) is 145 Å². The van der Waals surface area contributed by atoms with E-state index >= 15 is 8.96 Å². The number of carbonyl (C=O) groups excluding carboxylic acids is 2. The molecule has 5 heterocycles. The van der Waals surface area contributed by atoms with Crippen molar-refractivity contribution in [2.75, 3.05) is 65.4 Å². The highest BCUT2D eigenvalue weighted by atomic mass is 31.2. The predicted molar refractivity (Wildman–Crippen MR) is 423 cm³/mol. The Morgan fingerprint density at radius 2 is 1.19 bits per heavy atom. The molecule has 0 bridgehead atoms. The van der Waals surface area contributed by atoms with Crippen LogP contribution in [0.3, 0.4) is 0 Å². The number of aromatic nitrogens is 8. The van der Waals surface area contributed by atoms with E-state index in [-0.39, 0.29) is 40.6 Å². The summed E-state index contributed by atoms with van der Waals surface area (Å²) in [6.45, 7) is 20.2. The molecule has 2 unspecified atom stereocenters. The topological polar surface area (TPSA) is 288 Å². The maximum atomic E-state index is 19.1. The van der Waals surface area contributed by atoms with E-state index in [1.54, 1.807) is 101 Å². The van der Waals surface area contributed by atoms with Crippen LogP contribution in [0.2, 0.25) is 18.1 Å². The van der Waals surface area contributed by atoms with Crippen molar-refractivity contribution in [3.05, 3.63) is 268 Å². The van der Waals surface area contributed by atoms with Gasteiger partial charge in [-0.1, -0.05) is 162 Å². The molecule has 11 aromatic rings. The molecule has 26 nitrogen and oxygen atoms in total. The van der Waals surface area contributed by atoms with Gasteiger partial charge in [0.15, 0.2) is 48.9 Å². The number of phosphoric ester groups is 1. The van der Waals surface area contributed by atoms with Gasteiger partial charge in [-0.25, -0.2) is 35.5 Å². The van der Waals surface area contributed by atoms with Crippen LogP contribution in [0.25, 0.3) is 27.2 Å². The minimum Gasteiger partial charge on any atom is -0.497 e. The molecule has 586 valence electrons. The Kier molecular flexibility index (Phi) is 22.6. The second-order valence-electron chi connectivity index (χ2n) is 30.0. The first-order valence-electron chi connectivity index (χ1n) is 37.1. The fourth-order valence-electron chi connectivity index (χ4n) is 15.0. The van der Waals surface area contributed by atoms with E-state index in [4.69, 9.17) is 67.7 Å². The van der Waals surface area contributed by atoms with E-state index in [9.17, 15) is 14.4 Å². The summed E-state index contributed by atoms with van der Waals surface area (Å²) in [6.07, 6.45) is -5.17. The maximum Gasteiger partial charge on any atom is 0.475 e. The third-order valence-electron chi connectivity index (χ3n) is 22.0. The molecule has 14 rings (SSSR count). The first kappa shape index (κ1) is 78.8. The van der Waals surface area contributed by atoms with E-state index < -0.39 is 130 Å². The van der Waals surface area contributed by atoms with Crippen molar-refractivity contribution in [2.45, 2.75) is 113 Å². The Labute approximate surface area is 654 Å². The van der Waals surface area contributed by atoms with Crippen molar-refractivity contribution in [1.82, 2.24) is 39.0 Å². The summed E-state index contributed by atoms with van der Waals surface area (Å²) in [7, 11) is -2.02. The molecule has 10 atom stereocenters. The van der Waals surface area contributed by atoms with Gasteiger partial charge >= 0.3 is 7.82 Å². The molecular weight excluding hydrogens is 1480 g/mol. The Bertz CT molecular complexity index is 5250. The number of halogens is 1. The largest absolute Gasteiger partial charge is 0.497 e. The zero-order valence-electron chi connectivity index (χ0n) is 64.4. The summed E-state index contributed by atoms with van der Waals surface area (Å²) < 4.78 is 113. The summed E-state index contributed by atoms with van der Waals surface area (Å²) in [5.41, 5.74) is -0.397. The number of hydrogen-bond acceptors (Lipinski definition) is 20. The van der Waals surface area contributed by atoms with Crippen molar-refractivity contribution in [2.24, 2.45) is 17.3 Å². The molecule has 3 N–H and O–H groups in total. The quantitative estimate of drug-likeness (QED) is 0.0120. The van der Waals surface area contributed by atoms with Crippen LogP contribution in [0.4, 0.5) is 16.2 Å². The number of imidazole rings is 2. The number of fused-ring (bicyclic) bond motifs is 3. The highest BCUT2D eigenvalue weighted by Gasteiger charge is 2.75. The number of ether oxygens (including phenoxy) is 7. The minimum atomic E-state index is -5.26. The van der Waals surface area contributed by atoms with Crippen molar-refractivity contribution < 1.29 is 69.7 Å². The van der Waals surface area contributed by atoms with Gasteiger partial charge in [-0.15, -0.1) is 0 Å². The number of carbonyl (C=O) groups is 2. The molecule has 29 heteroatoms. The van der Waals surface area contributed by atoms with E-state index in [0.29, 0.717) is 68.4 Å². The van der Waals surface area contributed by atoms with Gasteiger partial charge in [0, 0.05) is 16.9 Å². The number of alkyl halides is 1. The molecule has 7 aromatic carbocycles. The van der Waals surface area contributed by atoms with Crippen LogP contribution in [0.15, 0.2) is 212 Å². The number of nitrogens with zero attached hydrogens (tertiary/aromatic N) is 8. The van der Waals surface area contributed by atoms with Crippen LogP contribution in [0, 0.1) is 23.8 Å². The molecule has 1 saturated heterocycles. The number of methoxy groups -OCH3 is 4. The molecule has 2 aliphatic carbocycles. The van der Waals surface area contributed by atoms with Gasteiger partial charge in [0.2, 0.25) is 18.4 Å². The minimum absolute atomic E-state index is 0.0232. The fraction of sp³-hybridized carbons (Fsp3) is 0.345. The lowest BCUT2D eigenvalue weighted by Gasteiger charge is -2.46. The Hall–Kier alpha value is -10.8. The molecule has 2 saturated carbocycles. The molecule has 2 amide bonds. The Morgan fingerprint density at radius 1 is 0.673 bits per heavy atom. The van der Waals surface area contributed by atoms with Gasteiger partial charge in [-0.05, 0) is 125 Å². The van der Waals surface area contributed by atoms with Gasteiger partial charge in [0.25, 0.3) is 11.5 Å². The third-order valence-corrected chi connectivity index (χ3v) is 27.9. The monoisotopic (exact) mass is 1570 g/mol. The average molecular weight is 1570 g/mol. The SMILES string of the molecule is [C-]#[N+]CCOP(=O)(OCC12C[C@@H]1[C@@H](n1cnc3c(=O)[nH]c(NC(=O)C(C)C)nc31)[C@H](OC(c1ccccc1)(c1ccc(OC)cc1)c1ccc(OC)cc1)[C@@H]2O[Si](C)(C)C(C)(C)C)O[C@H]1[C@@H](F)[C@H](n2cnc3c(NC(=O)c4ccccc4)ncnc32)O[C@@H]1COC(c1ccccc1)(c1ccc(OC)cc1)c1ccc(OC)cc1. The second kappa shape index (κ2) is 32.3. The van der Waals surface area contributed by atoms with E-state index in [2.05, 4.69) is 69.3 Å².